The van der Waals surface area contributed by atoms with Crippen molar-refractivity contribution < 1.29 is 9.59 Å². The molecule has 0 bridgehead atoms. The molecular formula is C19H17NO2. The van der Waals surface area contributed by atoms with E-state index >= 15 is 0 Å². The Kier molecular flexibility index (Phi) is 2.73. The Balaban J connectivity index is 1.89. The maximum Gasteiger partial charge on any atom is 0.234 e. The topological polar surface area (TPSA) is 37.4 Å². The van der Waals surface area contributed by atoms with Gasteiger partial charge in [-0.25, -0.2) is 0 Å². The van der Waals surface area contributed by atoms with Gasteiger partial charge in [0.25, 0.3) is 0 Å². The SMILES string of the molecule is CCN1C(=O)[C@H]2[C@H](C1=O)C2(c1ccccc1)c1ccccc1. The second-order valence-corrected chi connectivity index (χ2v) is 5.98. The van der Waals surface area contributed by atoms with Crippen molar-refractivity contribution in [2.45, 2.75) is 12.3 Å². The van der Waals surface area contributed by atoms with Crippen LogP contribution in [0.25, 0.3) is 0 Å². The van der Waals surface area contributed by atoms with Crippen molar-refractivity contribution in [3.8, 4) is 0 Å². The first-order chi connectivity index (χ1) is 10.7. The number of imide groups is 1. The Morgan fingerprint density at radius 2 is 1.23 bits per heavy atom. The fourth-order valence-electron chi connectivity index (χ4n) is 4.13. The zero-order valence-corrected chi connectivity index (χ0v) is 12.4. The lowest BCUT2D eigenvalue weighted by atomic mass is 9.83. The molecule has 4 rings (SSSR count). The van der Waals surface area contributed by atoms with E-state index in [1.165, 1.54) is 4.90 Å². The summed E-state index contributed by atoms with van der Waals surface area (Å²) in [5.74, 6) is -0.537. The molecule has 2 amide bonds. The first-order valence-corrected chi connectivity index (χ1v) is 7.69. The minimum Gasteiger partial charge on any atom is -0.282 e. The molecule has 1 aliphatic carbocycles. The minimum atomic E-state index is -0.470. The van der Waals surface area contributed by atoms with Crippen molar-refractivity contribution in [2.75, 3.05) is 6.54 Å². The number of piperidine rings is 1. The molecule has 22 heavy (non-hydrogen) atoms. The number of fused-ring (bicyclic) bond motifs is 1. The van der Waals surface area contributed by atoms with E-state index in [0.29, 0.717) is 6.54 Å². The van der Waals surface area contributed by atoms with Crippen molar-refractivity contribution in [2.24, 2.45) is 11.8 Å². The first-order valence-electron chi connectivity index (χ1n) is 7.69. The molecule has 2 aliphatic rings. The van der Waals surface area contributed by atoms with Crippen LogP contribution in [0.4, 0.5) is 0 Å². The van der Waals surface area contributed by atoms with Crippen LogP contribution in [0.15, 0.2) is 60.7 Å². The maximum atomic E-state index is 12.7. The van der Waals surface area contributed by atoms with Crippen LogP contribution < -0.4 is 0 Å². The molecule has 2 atom stereocenters. The Hall–Kier alpha value is -2.42. The average molecular weight is 291 g/mol. The second kappa shape index (κ2) is 4.54. The van der Waals surface area contributed by atoms with E-state index in [2.05, 4.69) is 0 Å². The summed E-state index contributed by atoms with van der Waals surface area (Å²) in [4.78, 5) is 26.7. The Bertz CT molecular complexity index is 675. The molecule has 0 spiro atoms. The number of carbonyl (C=O) groups excluding carboxylic acids is 2. The molecule has 0 N–H and O–H groups in total. The Labute approximate surface area is 129 Å². The van der Waals surface area contributed by atoms with E-state index in [9.17, 15) is 9.59 Å². The molecule has 0 radical (unpaired) electrons. The van der Waals surface area contributed by atoms with Gasteiger partial charge in [-0.05, 0) is 18.1 Å². The standard InChI is InChI=1S/C19H17NO2/c1-2-20-17(21)15-16(18(20)22)19(15,13-9-5-3-6-10-13)14-11-7-4-8-12-14/h3-12,15-16H,2H2,1H3/t15-,16-/m1/s1. The number of amides is 2. The normalized spacial score (nSPS) is 25.2. The number of benzene rings is 2. The zero-order chi connectivity index (χ0) is 15.3. The van der Waals surface area contributed by atoms with Gasteiger partial charge in [0.2, 0.25) is 11.8 Å². The third-order valence-corrected chi connectivity index (χ3v) is 5.09. The van der Waals surface area contributed by atoms with Gasteiger partial charge in [0, 0.05) is 12.0 Å². The quantitative estimate of drug-likeness (QED) is 0.815. The number of hydrogen-bond donors (Lipinski definition) is 0. The third-order valence-electron chi connectivity index (χ3n) is 5.09. The predicted octanol–water partition coefficient (Wildman–Crippen LogP) is 2.61. The second-order valence-electron chi connectivity index (χ2n) is 5.98. The van der Waals surface area contributed by atoms with Crippen LogP contribution in [0, 0.1) is 11.8 Å². The van der Waals surface area contributed by atoms with Crippen LogP contribution in [0.2, 0.25) is 0 Å². The van der Waals surface area contributed by atoms with Crippen molar-refractivity contribution >= 4 is 11.8 Å². The summed E-state index contributed by atoms with van der Waals surface area (Å²) in [6, 6.07) is 19.9. The van der Waals surface area contributed by atoms with Gasteiger partial charge in [-0.15, -0.1) is 0 Å². The lowest BCUT2D eigenvalue weighted by Crippen LogP contribution is -2.39. The van der Waals surface area contributed by atoms with Crippen LogP contribution in [-0.4, -0.2) is 23.3 Å². The monoisotopic (exact) mass is 291 g/mol. The molecule has 3 heteroatoms. The minimum absolute atomic E-state index is 0.0230. The van der Waals surface area contributed by atoms with Gasteiger partial charge in [0.1, 0.15) is 0 Å². The van der Waals surface area contributed by atoms with Crippen LogP contribution in [-0.2, 0) is 15.0 Å². The first kappa shape index (κ1) is 13.3. The van der Waals surface area contributed by atoms with E-state index in [1.807, 2.05) is 67.6 Å². The van der Waals surface area contributed by atoms with Crippen molar-refractivity contribution in [1.29, 1.82) is 0 Å². The summed E-state index contributed by atoms with van der Waals surface area (Å²) >= 11 is 0. The number of carbonyl (C=O) groups is 2. The summed E-state index contributed by atoms with van der Waals surface area (Å²) in [6.45, 7) is 2.32. The van der Waals surface area contributed by atoms with E-state index in [-0.39, 0.29) is 23.7 Å². The van der Waals surface area contributed by atoms with E-state index in [1.54, 1.807) is 0 Å². The molecule has 1 saturated carbocycles. The maximum absolute atomic E-state index is 12.7. The molecule has 3 nitrogen and oxygen atoms in total. The van der Waals surface area contributed by atoms with Gasteiger partial charge in [-0.2, -0.15) is 0 Å². The highest BCUT2D eigenvalue weighted by Crippen LogP contribution is 2.67. The summed E-state index contributed by atoms with van der Waals surface area (Å²) in [5, 5.41) is 0. The van der Waals surface area contributed by atoms with Crippen molar-refractivity contribution in [1.82, 2.24) is 4.90 Å². The van der Waals surface area contributed by atoms with Crippen LogP contribution in [0.3, 0.4) is 0 Å². The molecule has 0 aromatic heterocycles. The third kappa shape index (κ3) is 1.46. The molecule has 110 valence electrons. The fraction of sp³-hybridized carbons (Fsp3) is 0.263. The average Bonchev–Trinajstić information content (AvgIpc) is 3.21. The van der Waals surface area contributed by atoms with E-state index in [0.717, 1.165) is 11.1 Å². The fourth-order valence-corrected chi connectivity index (χ4v) is 4.13. The summed E-state index contributed by atoms with van der Waals surface area (Å²) in [5.41, 5.74) is 1.66. The predicted molar refractivity (Wildman–Crippen MR) is 83.0 cm³/mol. The van der Waals surface area contributed by atoms with Gasteiger partial charge in [0.05, 0.1) is 11.8 Å². The highest BCUT2D eigenvalue weighted by molar-refractivity contribution is 6.12. The Morgan fingerprint density at radius 1 is 0.818 bits per heavy atom. The zero-order valence-electron chi connectivity index (χ0n) is 12.4. The highest BCUT2D eigenvalue weighted by Gasteiger charge is 2.78. The number of likely N-dealkylation sites (tertiary alicyclic amines) is 1. The van der Waals surface area contributed by atoms with Gasteiger partial charge in [-0.1, -0.05) is 60.7 Å². The van der Waals surface area contributed by atoms with Gasteiger partial charge in [0.15, 0.2) is 0 Å². The molecule has 0 unspecified atom stereocenters. The lowest BCUT2D eigenvalue weighted by molar-refractivity contribution is -0.141. The van der Waals surface area contributed by atoms with Crippen LogP contribution >= 0.6 is 0 Å². The largest absolute Gasteiger partial charge is 0.282 e. The summed E-state index contributed by atoms with van der Waals surface area (Å²) < 4.78 is 0. The van der Waals surface area contributed by atoms with Gasteiger partial charge in [-0.3, -0.25) is 14.5 Å². The van der Waals surface area contributed by atoms with E-state index < -0.39 is 5.41 Å². The molecule has 2 aromatic rings. The summed E-state index contributed by atoms with van der Waals surface area (Å²) in [7, 11) is 0. The van der Waals surface area contributed by atoms with Crippen molar-refractivity contribution in [3.63, 3.8) is 0 Å². The molecule has 2 aromatic carbocycles. The molecule has 1 aliphatic heterocycles. The lowest BCUT2D eigenvalue weighted by Gasteiger charge is -2.25. The Morgan fingerprint density at radius 3 is 1.59 bits per heavy atom. The van der Waals surface area contributed by atoms with Gasteiger partial charge < -0.3 is 0 Å². The molecule has 1 saturated heterocycles. The van der Waals surface area contributed by atoms with Crippen LogP contribution in [0.5, 0.6) is 0 Å². The number of hydrogen-bond acceptors (Lipinski definition) is 2. The molecule has 1 heterocycles. The van der Waals surface area contributed by atoms with Crippen molar-refractivity contribution in [3.05, 3.63) is 71.8 Å². The highest BCUT2D eigenvalue weighted by atomic mass is 16.2. The molecule has 2 fully saturated rings. The van der Waals surface area contributed by atoms with Crippen LogP contribution in [0.1, 0.15) is 18.1 Å². The smallest absolute Gasteiger partial charge is 0.234 e. The number of nitrogens with zero attached hydrogens (tertiary/aromatic N) is 1. The van der Waals surface area contributed by atoms with E-state index in [4.69, 9.17) is 0 Å². The summed E-state index contributed by atoms with van der Waals surface area (Å²) in [6.07, 6.45) is 0. The number of rotatable bonds is 3. The van der Waals surface area contributed by atoms with Gasteiger partial charge >= 0.3 is 0 Å². The molecular weight excluding hydrogens is 274 g/mol.